The highest BCUT2D eigenvalue weighted by molar-refractivity contribution is 5.94. The summed E-state index contributed by atoms with van der Waals surface area (Å²) in [5.41, 5.74) is 7.11. The number of nitrogens with zero attached hydrogens (tertiary/aromatic N) is 1. The summed E-state index contributed by atoms with van der Waals surface area (Å²) >= 11 is 0. The van der Waals surface area contributed by atoms with Gasteiger partial charge in [-0.05, 0) is 11.6 Å². The molecule has 0 unspecified atom stereocenters. The van der Waals surface area contributed by atoms with E-state index < -0.39 is 6.09 Å². The third-order valence-electron chi connectivity index (χ3n) is 2.69. The lowest BCUT2D eigenvalue weighted by Crippen LogP contribution is -2.34. The molecule has 1 aromatic rings. The van der Waals surface area contributed by atoms with Crippen molar-refractivity contribution in [3.05, 3.63) is 29.8 Å². The first-order valence-electron chi connectivity index (χ1n) is 5.70. The lowest BCUT2D eigenvalue weighted by molar-refractivity contribution is -0.116. The second kappa shape index (κ2) is 5.50. The maximum Gasteiger partial charge on any atom is 0.410 e. The molecule has 2 amide bonds. The Balaban J connectivity index is 1.96. The van der Waals surface area contributed by atoms with Crippen molar-refractivity contribution in [3.8, 4) is 0 Å². The van der Waals surface area contributed by atoms with Crippen LogP contribution in [0.25, 0.3) is 0 Å². The lowest BCUT2D eigenvalue weighted by atomic mass is 10.2. The van der Waals surface area contributed by atoms with Gasteiger partial charge in [0.1, 0.15) is 13.2 Å². The fourth-order valence-corrected chi connectivity index (χ4v) is 1.75. The van der Waals surface area contributed by atoms with Crippen LogP contribution in [0.4, 0.5) is 10.5 Å². The zero-order valence-electron chi connectivity index (χ0n) is 9.89. The first kappa shape index (κ1) is 12.4. The molecule has 1 aliphatic heterocycles. The van der Waals surface area contributed by atoms with Gasteiger partial charge >= 0.3 is 6.09 Å². The van der Waals surface area contributed by atoms with E-state index in [0.29, 0.717) is 25.4 Å². The molecule has 1 aliphatic rings. The fraction of sp³-hybridized carbons (Fsp3) is 0.333. The summed E-state index contributed by atoms with van der Waals surface area (Å²) < 4.78 is 4.75. The SMILES string of the molecule is NCc1ccccc1NC(=O)CN1CCOC1=O. The van der Waals surface area contributed by atoms with E-state index >= 15 is 0 Å². The van der Waals surface area contributed by atoms with Crippen molar-refractivity contribution in [2.24, 2.45) is 5.73 Å². The minimum atomic E-state index is -0.447. The molecular formula is C12H15N3O3. The van der Waals surface area contributed by atoms with Gasteiger partial charge in [-0.25, -0.2) is 4.79 Å². The molecule has 0 radical (unpaired) electrons. The Morgan fingerprint density at radius 3 is 2.89 bits per heavy atom. The van der Waals surface area contributed by atoms with Crippen LogP contribution in [0.1, 0.15) is 5.56 Å². The number of ether oxygens (including phenoxy) is 1. The van der Waals surface area contributed by atoms with Crippen molar-refractivity contribution in [2.45, 2.75) is 6.54 Å². The molecule has 0 aromatic heterocycles. The number of nitrogens with one attached hydrogen (secondary N) is 1. The highest BCUT2D eigenvalue weighted by Crippen LogP contribution is 2.14. The van der Waals surface area contributed by atoms with Crippen LogP contribution in [-0.4, -0.2) is 36.6 Å². The number of hydrogen-bond donors (Lipinski definition) is 2. The minimum absolute atomic E-state index is 0.00224. The molecule has 0 saturated carbocycles. The van der Waals surface area contributed by atoms with E-state index in [9.17, 15) is 9.59 Å². The van der Waals surface area contributed by atoms with E-state index in [1.165, 1.54) is 4.90 Å². The Kier molecular flexibility index (Phi) is 3.78. The standard InChI is InChI=1S/C12H15N3O3/c13-7-9-3-1-2-4-10(9)14-11(16)8-15-5-6-18-12(15)17/h1-4H,5-8,13H2,(H,14,16). The summed E-state index contributed by atoms with van der Waals surface area (Å²) in [5.74, 6) is -0.255. The Morgan fingerprint density at radius 1 is 1.44 bits per heavy atom. The van der Waals surface area contributed by atoms with Crippen LogP contribution < -0.4 is 11.1 Å². The third kappa shape index (κ3) is 2.78. The first-order chi connectivity index (χ1) is 8.70. The summed E-state index contributed by atoms with van der Waals surface area (Å²) in [6, 6.07) is 7.30. The Bertz CT molecular complexity index is 462. The zero-order chi connectivity index (χ0) is 13.0. The molecule has 3 N–H and O–H groups in total. The second-order valence-electron chi connectivity index (χ2n) is 3.95. The molecule has 0 bridgehead atoms. The van der Waals surface area contributed by atoms with Crippen LogP contribution in [0, 0.1) is 0 Å². The third-order valence-corrected chi connectivity index (χ3v) is 2.69. The van der Waals surface area contributed by atoms with Gasteiger partial charge in [0.15, 0.2) is 0 Å². The molecule has 0 spiro atoms. The van der Waals surface area contributed by atoms with Crippen molar-refractivity contribution in [1.82, 2.24) is 4.90 Å². The number of cyclic esters (lactones) is 1. The first-order valence-corrected chi connectivity index (χ1v) is 5.70. The molecule has 6 nitrogen and oxygen atoms in total. The van der Waals surface area contributed by atoms with Crippen molar-refractivity contribution < 1.29 is 14.3 Å². The topological polar surface area (TPSA) is 84.7 Å². The largest absolute Gasteiger partial charge is 0.448 e. The summed E-state index contributed by atoms with van der Waals surface area (Å²) in [7, 11) is 0. The summed E-state index contributed by atoms with van der Waals surface area (Å²) in [6.45, 7) is 1.14. The predicted octanol–water partition coefficient (Wildman–Crippen LogP) is 0.536. The normalized spacial score (nSPS) is 14.5. The van der Waals surface area contributed by atoms with Gasteiger partial charge in [0.25, 0.3) is 0 Å². The van der Waals surface area contributed by atoms with Gasteiger partial charge in [0.2, 0.25) is 5.91 Å². The van der Waals surface area contributed by atoms with Gasteiger partial charge in [-0.1, -0.05) is 18.2 Å². The van der Waals surface area contributed by atoms with Crippen LogP contribution in [-0.2, 0) is 16.1 Å². The Morgan fingerprint density at radius 2 is 2.22 bits per heavy atom. The summed E-state index contributed by atoms with van der Waals surface area (Å²) in [4.78, 5) is 24.3. The van der Waals surface area contributed by atoms with Crippen LogP contribution in [0.5, 0.6) is 0 Å². The predicted molar refractivity (Wildman–Crippen MR) is 65.9 cm³/mol. The molecule has 2 rings (SSSR count). The highest BCUT2D eigenvalue weighted by Gasteiger charge is 2.24. The molecule has 1 heterocycles. The summed E-state index contributed by atoms with van der Waals surface area (Å²) in [5, 5.41) is 2.74. The van der Waals surface area contributed by atoms with Crippen molar-refractivity contribution in [1.29, 1.82) is 0 Å². The molecule has 0 atom stereocenters. The monoisotopic (exact) mass is 249 g/mol. The van der Waals surface area contributed by atoms with Gasteiger partial charge in [0.05, 0.1) is 6.54 Å². The van der Waals surface area contributed by atoms with Gasteiger partial charge in [-0.3, -0.25) is 9.69 Å². The molecule has 1 saturated heterocycles. The van der Waals surface area contributed by atoms with Gasteiger partial charge in [-0.2, -0.15) is 0 Å². The Hall–Kier alpha value is -2.08. The number of anilines is 1. The zero-order valence-corrected chi connectivity index (χ0v) is 9.89. The molecular weight excluding hydrogens is 234 g/mol. The van der Waals surface area contributed by atoms with Gasteiger partial charge in [0, 0.05) is 12.2 Å². The van der Waals surface area contributed by atoms with Crippen molar-refractivity contribution in [3.63, 3.8) is 0 Å². The molecule has 0 aliphatic carbocycles. The number of rotatable bonds is 4. The second-order valence-corrected chi connectivity index (χ2v) is 3.95. The van der Waals surface area contributed by atoms with E-state index in [-0.39, 0.29) is 12.5 Å². The lowest BCUT2D eigenvalue weighted by Gasteiger charge is -2.14. The maximum absolute atomic E-state index is 11.8. The number of amides is 2. The van der Waals surface area contributed by atoms with E-state index in [1.807, 2.05) is 18.2 Å². The average molecular weight is 249 g/mol. The van der Waals surface area contributed by atoms with E-state index in [4.69, 9.17) is 10.5 Å². The van der Waals surface area contributed by atoms with Crippen molar-refractivity contribution in [2.75, 3.05) is 25.0 Å². The van der Waals surface area contributed by atoms with E-state index in [0.717, 1.165) is 5.56 Å². The van der Waals surface area contributed by atoms with Crippen LogP contribution in [0.3, 0.4) is 0 Å². The molecule has 1 fully saturated rings. The average Bonchev–Trinajstić information content (AvgIpc) is 2.75. The number of hydrogen-bond acceptors (Lipinski definition) is 4. The molecule has 18 heavy (non-hydrogen) atoms. The number of carbonyl (C=O) groups excluding carboxylic acids is 2. The van der Waals surface area contributed by atoms with E-state index in [2.05, 4.69) is 5.32 Å². The molecule has 96 valence electrons. The molecule has 6 heteroatoms. The highest BCUT2D eigenvalue weighted by atomic mass is 16.6. The molecule has 1 aromatic carbocycles. The van der Waals surface area contributed by atoms with Crippen molar-refractivity contribution >= 4 is 17.7 Å². The summed E-state index contributed by atoms with van der Waals surface area (Å²) in [6.07, 6.45) is -0.447. The minimum Gasteiger partial charge on any atom is -0.448 e. The van der Waals surface area contributed by atoms with Crippen LogP contribution >= 0.6 is 0 Å². The number of benzene rings is 1. The number of para-hydroxylation sites is 1. The van der Waals surface area contributed by atoms with Gasteiger partial charge in [-0.15, -0.1) is 0 Å². The smallest absolute Gasteiger partial charge is 0.410 e. The quantitative estimate of drug-likeness (QED) is 0.815. The Labute approximate surface area is 105 Å². The number of carbonyl (C=O) groups is 2. The number of nitrogens with two attached hydrogens (primary N) is 1. The van der Waals surface area contributed by atoms with Gasteiger partial charge < -0.3 is 15.8 Å². The van der Waals surface area contributed by atoms with Crippen LogP contribution in [0.2, 0.25) is 0 Å². The van der Waals surface area contributed by atoms with Crippen LogP contribution in [0.15, 0.2) is 24.3 Å². The fourth-order valence-electron chi connectivity index (χ4n) is 1.75. The maximum atomic E-state index is 11.8. The van der Waals surface area contributed by atoms with E-state index in [1.54, 1.807) is 6.07 Å².